The van der Waals surface area contributed by atoms with E-state index in [2.05, 4.69) is 5.32 Å². The molecule has 14 heavy (non-hydrogen) atoms. The van der Waals surface area contributed by atoms with Crippen LogP contribution >= 0.6 is 0 Å². The number of aldehydes is 1. The highest BCUT2D eigenvalue weighted by molar-refractivity contribution is 5.98. The first-order chi connectivity index (χ1) is 6.56. The predicted molar refractivity (Wildman–Crippen MR) is 50.3 cm³/mol. The largest absolute Gasteiger partial charge is 0.303 e. The third kappa shape index (κ3) is 2.19. The minimum atomic E-state index is -0.234. The van der Waals surface area contributed by atoms with Crippen molar-refractivity contribution in [3.63, 3.8) is 0 Å². The normalized spacial score (nSPS) is 26.6. The first kappa shape index (κ1) is 10.9. The molecule has 0 spiro atoms. The summed E-state index contributed by atoms with van der Waals surface area (Å²) < 4.78 is 0. The molecular formula is C10H15NO3. The fraction of sp³-hybridized carbons (Fsp3) is 0.700. The zero-order chi connectivity index (χ0) is 10.7. The molecule has 0 bridgehead atoms. The zero-order valence-electron chi connectivity index (χ0n) is 8.45. The van der Waals surface area contributed by atoms with E-state index >= 15 is 0 Å². The third-order valence-electron chi connectivity index (χ3n) is 2.96. The van der Waals surface area contributed by atoms with Crippen LogP contribution in [0.5, 0.6) is 0 Å². The summed E-state index contributed by atoms with van der Waals surface area (Å²) in [5.74, 6) is -0.785. The van der Waals surface area contributed by atoms with E-state index in [0.29, 0.717) is 12.8 Å². The van der Waals surface area contributed by atoms with Gasteiger partial charge in [0.15, 0.2) is 0 Å². The first-order valence-corrected chi connectivity index (χ1v) is 4.85. The summed E-state index contributed by atoms with van der Waals surface area (Å²) in [6.07, 6.45) is 1.80. The zero-order valence-corrected chi connectivity index (χ0v) is 8.45. The van der Waals surface area contributed by atoms with Gasteiger partial charge in [-0.05, 0) is 12.3 Å². The predicted octanol–water partition coefficient (Wildman–Crippen LogP) is 0.510. The number of carbonyl (C=O) groups is 3. The van der Waals surface area contributed by atoms with Gasteiger partial charge in [-0.25, -0.2) is 0 Å². The average Bonchev–Trinajstić information content (AvgIpc) is 2.15. The van der Waals surface area contributed by atoms with Gasteiger partial charge in [0, 0.05) is 18.3 Å². The van der Waals surface area contributed by atoms with Crippen LogP contribution in [0, 0.1) is 17.8 Å². The summed E-state index contributed by atoms with van der Waals surface area (Å²) in [4.78, 5) is 32.9. The minimum absolute atomic E-state index is 0.000556. The quantitative estimate of drug-likeness (QED) is 0.529. The van der Waals surface area contributed by atoms with Crippen LogP contribution in [-0.2, 0) is 14.4 Å². The lowest BCUT2D eigenvalue weighted by atomic mass is 9.80. The van der Waals surface area contributed by atoms with Gasteiger partial charge in [-0.15, -0.1) is 0 Å². The van der Waals surface area contributed by atoms with E-state index in [0.717, 1.165) is 6.29 Å². The summed E-state index contributed by atoms with van der Waals surface area (Å²) >= 11 is 0. The molecule has 0 aromatic rings. The second-order valence-electron chi connectivity index (χ2n) is 3.91. The minimum Gasteiger partial charge on any atom is -0.303 e. The monoisotopic (exact) mass is 197 g/mol. The molecule has 1 heterocycles. The Balaban J connectivity index is 2.64. The SMILES string of the molecule is CC(C=O)C(C)C1CCC(=O)NC1=O. The maximum atomic E-state index is 11.4. The Bertz CT molecular complexity index is 262. The van der Waals surface area contributed by atoms with Gasteiger partial charge >= 0.3 is 0 Å². The van der Waals surface area contributed by atoms with Gasteiger partial charge in [0.2, 0.25) is 11.8 Å². The van der Waals surface area contributed by atoms with Crippen molar-refractivity contribution in [1.29, 1.82) is 0 Å². The number of hydrogen-bond donors (Lipinski definition) is 1. The number of imide groups is 1. The highest BCUT2D eigenvalue weighted by atomic mass is 16.2. The van der Waals surface area contributed by atoms with Crippen LogP contribution in [0.4, 0.5) is 0 Å². The van der Waals surface area contributed by atoms with Crippen molar-refractivity contribution >= 4 is 18.1 Å². The lowest BCUT2D eigenvalue weighted by molar-refractivity contribution is -0.138. The highest BCUT2D eigenvalue weighted by Crippen LogP contribution is 2.26. The number of amides is 2. The Kier molecular flexibility index (Phi) is 3.38. The van der Waals surface area contributed by atoms with Crippen LogP contribution in [-0.4, -0.2) is 18.1 Å². The molecule has 3 unspecified atom stereocenters. The van der Waals surface area contributed by atoms with E-state index in [9.17, 15) is 14.4 Å². The van der Waals surface area contributed by atoms with Gasteiger partial charge in [-0.3, -0.25) is 14.9 Å². The number of carbonyl (C=O) groups excluding carboxylic acids is 3. The van der Waals surface area contributed by atoms with Gasteiger partial charge < -0.3 is 4.79 Å². The second-order valence-corrected chi connectivity index (χ2v) is 3.91. The maximum Gasteiger partial charge on any atom is 0.229 e. The molecular weight excluding hydrogens is 182 g/mol. The fourth-order valence-corrected chi connectivity index (χ4v) is 1.70. The Labute approximate surface area is 83.1 Å². The van der Waals surface area contributed by atoms with Crippen LogP contribution in [0.1, 0.15) is 26.7 Å². The molecule has 1 saturated heterocycles. The lowest BCUT2D eigenvalue weighted by Crippen LogP contribution is -2.44. The number of nitrogens with one attached hydrogen (secondary N) is 1. The van der Waals surface area contributed by atoms with Gasteiger partial charge in [0.25, 0.3) is 0 Å². The summed E-state index contributed by atoms with van der Waals surface area (Å²) in [6, 6.07) is 0. The van der Waals surface area contributed by atoms with Gasteiger partial charge in [-0.2, -0.15) is 0 Å². The molecule has 0 radical (unpaired) electrons. The van der Waals surface area contributed by atoms with E-state index in [1.807, 2.05) is 6.92 Å². The molecule has 1 fully saturated rings. The molecule has 78 valence electrons. The number of hydrogen-bond acceptors (Lipinski definition) is 3. The topological polar surface area (TPSA) is 63.2 Å². The summed E-state index contributed by atoms with van der Waals surface area (Å²) in [7, 11) is 0. The van der Waals surface area contributed by atoms with Gasteiger partial charge in [0.05, 0.1) is 0 Å². The molecule has 3 atom stereocenters. The summed E-state index contributed by atoms with van der Waals surface area (Å²) in [5, 5.41) is 2.30. The van der Waals surface area contributed by atoms with Crippen molar-refractivity contribution in [2.75, 3.05) is 0 Å². The van der Waals surface area contributed by atoms with Crippen LogP contribution < -0.4 is 5.32 Å². The Morgan fingerprint density at radius 2 is 2.07 bits per heavy atom. The van der Waals surface area contributed by atoms with Crippen molar-refractivity contribution in [3.05, 3.63) is 0 Å². The van der Waals surface area contributed by atoms with E-state index in [4.69, 9.17) is 0 Å². The van der Waals surface area contributed by atoms with Gasteiger partial charge in [-0.1, -0.05) is 13.8 Å². The standard InChI is InChI=1S/C10H15NO3/c1-6(5-12)7(2)8-3-4-9(13)11-10(8)14/h5-8H,3-4H2,1-2H3,(H,11,13,14). The van der Waals surface area contributed by atoms with E-state index in [1.54, 1.807) is 6.92 Å². The molecule has 0 aromatic carbocycles. The van der Waals surface area contributed by atoms with E-state index < -0.39 is 0 Å². The molecule has 0 saturated carbocycles. The molecule has 1 rings (SSSR count). The van der Waals surface area contributed by atoms with Gasteiger partial charge in [0.1, 0.15) is 6.29 Å². The van der Waals surface area contributed by atoms with E-state index in [-0.39, 0.29) is 29.6 Å². The molecule has 4 heteroatoms. The maximum absolute atomic E-state index is 11.4. The number of piperidine rings is 1. The number of rotatable bonds is 3. The fourth-order valence-electron chi connectivity index (χ4n) is 1.70. The average molecular weight is 197 g/mol. The lowest BCUT2D eigenvalue weighted by Gasteiger charge is -2.27. The van der Waals surface area contributed by atoms with Crippen molar-refractivity contribution in [2.24, 2.45) is 17.8 Å². The molecule has 1 aliphatic heterocycles. The molecule has 1 aliphatic rings. The molecule has 2 amide bonds. The highest BCUT2D eigenvalue weighted by Gasteiger charge is 2.33. The molecule has 1 N–H and O–H groups in total. The summed E-state index contributed by atoms with van der Waals surface area (Å²) in [6.45, 7) is 3.67. The molecule has 4 nitrogen and oxygen atoms in total. The third-order valence-corrected chi connectivity index (χ3v) is 2.96. The Morgan fingerprint density at radius 1 is 1.43 bits per heavy atom. The van der Waals surface area contributed by atoms with E-state index in [1.165, 1.54) is 0 Å². The van der Waals surface area contributed by atoms with Crippen LogP contribution in [0.15, 0.2) is 0 Å². The van der Waals surface area contributed by atoms with Crippen LogP contribution in [0.2, 0.25) is 0 Å². The van der Waals surface area contributed by atoms with Crippen LogP contribution in [0.3, 0.4) is 0 Å². The first-order valence-electron chi connectivity index (χ1n) is 4.85. The van der Waals surface area contributed by atoms with Crippen molar-refractivity contribution in [3.8, 4) is 0 Å². The van der Waals surface area contributed by atoms with Crippen molar-refractivity contribution in [1.82, 2.24) is 5.32 Å². The van der Waals surface area contributed by atoms with Crippen LogP contribution in [0.25, 0.3) is 0 Å². The van der Waals surface area contributed by atoms with Crippen molar-refractivity contribution < 1.29 is 14.4 Å². The summed E-state index contributed by atoms with van der Waals surface area (Å²) in [5.41, 5.74) is 0. The smallest absolute Gasteiger partial charge is 0.229 e. The Morgan fingerprint density at radius 3 is 2.57 bits per heavy atom. The molecule has 0 aromatic heterocycles. The van der Waals surface area contributed by atoms with Crippen molar-refractivity contribution in [2.45, 2.75) is 26.7 Å². The molecule has 0 aliphatic carbocycles. The Hall–Kier alpha value is -1.19. The second kappa shape index (κ2) is 4.35.